The molecule has 0 aliphatic rings. The first-order valence-electron chi connectivity index (χ1n) is 5.47. The second kappa shape index (κ2) is 5.01. The molecule has 0 aliphatic heterocycles. The molecule has 0 amide bonds. The first-order valence-corrected chi connectivity index (χ1v) is 5.47. The molecule has 1 aromatic carbocycles. The van der Waals surface area contributed by atoms with E-state index in [2.05, 4.69) is 6.92 Å². The third-order valence-electron chi connectivity index (χ3n) is 2.33. The van der Waals surface area contributed by atoms with E-state index in [1.807, 2.05) is 18.2 Å². The molecule has 88 valence electrons. The fourth-order valence-electron chi connectivity index (χ4n) is 1.39. The number of hydrogen-bond donors (Lipinski definition) is 1. The summed E-state index contributed by atoms with van der Waals surface area (Å²) in [5.41, 5.74) is -0.0219. The molecule has 0 bridgehead atoms. The van der Waals surface area contributed by atoms with E-state index in [9.17, 15) is 4.79 Å². The minimum absolute atomic E-state index is 0.610. The van der Waals surface area contributed by atoms with E-state index in [4.69, 9.17) is 9.84 Å². The van der Waals surface area contributed by atoms with Crippen molar-refractivity contribution in [3.8, 4) is 5.75 Å². The average molecular weight is 222 g/mol. The lowest BCUT2D eigenvalue weighted by Gasteiger charge is -2.21. The number of aliphatic carboxylic acids is 1. The van der Waals surface area contributed by atoms with Crippen molar-refractivity contribution in [2.75, 3.05) is 0 Å². The van der Waals surface area contributed by atoms with Crippen molar-refractivity contribution < 1.29 is 14.6 Å². The Kier molecular flexibility index (Phi) is 3.93. The molecule has 1 aromatic rings. The van der Waals surface area contributed by atoms with Gasteiger partial charge in [0.25, 0.3) is 0 Å². The van der Waals surface area contributed by atoms with Crippen molar-refractivity contribution in [3.63, 3.8) is 0 Å². The van der Waals surface area contributed by atoms with Crippen LogP contribution in [-0.4, -0.2) is 16.7 Å². The second-order valence-electron chi connectivity index (χ2n) is 4.31. The van der Waals surface area contributed by atoms with Gasteiger partial charge in [-0.2, -0.15) is 0 Å². The van der Waals surface area contributed by atoms with Gasteiger partial charge in [-0.1, -0.05) is 25.5 Å². The summed E-state index contributed by atoms with van der Waals surface area (Å²) in [5, 5.41) is 8.95. The van der Waals surface area contributed by atoms with Crippen LogP contribution in [0.2, 0.25) is 0 Å². The number of carbonyl (C=O) groups is 1. The molecule has 0 saturated heterocycles. The van der Waals surface area contributed by atoms with E-state index in [1.165, 1.54) is 5.56 Å². The maximum atomic E-state index is 10.9. The topological polar surface area (TPSA) is 46.5 Å². The molecule has 0 spiro atoms. The Hall–Kier alpha value is -1.51. The van der Waals surface area contributed by atoms with Crippen LogP contribution in [0.3, 0.4) is 0 Å². The number of aryl methyl sites for hydroxylation is 1. The standard InChI is InChI=1S/C13H18O3/c1-4-6-10-7-5-8-11(9-10)16-13(2,3)12(14)15/h5,7-9H,4,6H2,1-3H3,(H,14,15). The van der Waals surface area contributed by atoms with Gasteiger partial charge in [0.05, 0.1) is 0 Å². The van der Waals surface area contributed by atoms with Crippen LogP contribution >= 0.6 is 0 Å². The lowest BCUT2D eigenvalue weighted by molar-refractivity contribution is -0.152. The van der Waals surface area contributed by atoms with Crippen molar-refractivity contribution >= 4 is 5.97 Å². The molecular formula is C13H18O3. The zero-order chi connectivity index (χ0) is 12.2. The highest BCUT2D eigenvalue weighted by Gasteiger charge is 2.29. The van der Waals surface area contributed by atoms with Crippen LogP contribution < -0.4 is 4.74 Å². The second-order valence-corrected chi connectivity index (χ2v) is 4.31. The molecule has 0 aromatic heterocycles. The Bertz CT molecular complexity index is 369. The van der Waals surface area contributed by atoms with Crippen LogP contribution in [0.25, 0.3) is 0 Å². The minimum atomic E-state index is -1.19. The van der Waals surface area contributed by atoms with Crippen LogP contribution in [0.4, 0.5) is 0 Å². The van der Waals surface area contributed by atoms with Gasteiger partial charge < -0.3 is 9.84 Å². The monoisotopic (exact) mass is 222 g/mol. The van der Waals surface area contributed by atoms with Crippen LogP contribution in [0.5, 0.6) is 5.75 Å². The molecule has 3 heteroatoms. The Morgan fingerprint density at radius 2 is 2.12 bits per heavy atom. The molecule has 0 radical (unpaired) electrons. The van der Waals surface area contributed by atoms with Gasteiger partial charge in [0, 0.05) is 0 Å². The summed E-state index contributed by atoms with van der Waals surface area (Å²) in [6, 6.07) is 7.58. The lowest BCUT2D eigenvalue weighted by Crippen LogP contribution is -2.37. The van der Waals surface area contributed by atoms with E-state index in [0.29, 0.717) is 5.75 Å². The molecule has 0 saturated carbocycles. The minimum Gasteiger partial charge on any atom is -0.478 e. The van der Waals surface area contributed by atoms with Gasteiger partial charge in [-0.25, -0.2) is 4.79 Å². The van der Waals surface area contributed by atoms with Crippen molar-refractivity contribution in [1.82, 2.24) is 0 Å². The summed E-state index contributed by atoms with van der Waals surface area (Å²) in [7, 11) is 0. The zero-order valence-electron chi connectivity index (χ0n) is 9.99. The number of carboxylic acid groups (broad SMARTS) is 1. The smallest absolute Gasteiger partial charge is 0.347 e. The van der Waals surface area contributed by atoms with E-state index in [-0.39, 0.29) is 0 Å². The molecule has 0 heterocycles. The third-order valence-corrected chi connectivity index (χ3v) is 2.33. The molecular weight excluding hydrogens is 204 g/mol. The Labute approximate surface area is 96.1 Å². The predicted molar refractivity (Wildman–Crippen MR) is 62.8 cm³/mol. The predicted octanol–water partition coefficient (Wildman–Crippen LogP) is 2.88. The lowest BCUT2D eigenvalue weighted by atomic mass is 10.1. The first kappa shape index (κ1) is 12.6. The number of hydrogen-bond acceptors (Lipinski definition) is 2. The zero-order valence-corrected chi connectivity index (χ0v) is 9.99. The van der Waals surface area contributed by atoms with Gasteiger partial charge in [-0.15, -0.1) is 0 Å². The van der Waals surface area contributed by atoms with Gasteiger partial charge in [0.2, 0.25) is 0 Å². The Morgan fingerprint density at radius 1 is 1.44 bits per heavy atom. The Morgan fingerprint density at radius 3 is 2.69 bits per heavy atom. The van der Waals surface area contributed by atoms with E-state index < -0.39 is 11.6 Å². The highest BCUT2D eigenvalue weighted by molar-refractivity contribution is 5.76. The van der Waals surface area contributed by atoms with Gasteiger partial charge >= 0.3 is 5.97 Å². The number of rotatable bonds is 5. The molecule has 0 aliphatic carbocycles. The largest absolute Gasteiger partial charge is 0.478 e. The average Bonchev–Trinajstić information content (AvgIpc) is 2.17. The summed E-state index contributed by atoms with van der Waals surface area (Å²) in [6.45, 7) is 5.19. The van der Waals surface area contributed by atoms with Gasteiger partial charge in [-0.05, 0) is 38.0 Å². The maximum Gasteiger partial charge on any atom is 0.347 e. The van der Waals surface area contributed by atoms with Crippen LogP contribution in [0, 0.1) is 0 Å². The van der Waals surface area contributed by atoms with E-state index >= 15 is 0 Å². The van der Waals surface area contributed by atoms with Crippen molar-refractivity contribution in [1.29, 1.82) is 0 Å². The summed E-state index contributed by atoms with van der Waals surface area (Å²) in [5.74, 6) is -0.355. The highest BCUT2D eigenvalue weighted by atomic mass is 16.5. The number of carboxylic acids is 1. The highest BCUT2D eigenvalue weighted by Crippen LogP contribution is 2.20. The van der Waals surface area contributed by atoms with Gasteiger partial charge in [-0.3, -0.25) is 0 Å². The van der Waals surface area contributed by atoms with Crippen LogP contribution in [0.15, 0.2) is 24.3 Å². The van der Waals surface area contributed by atoms with Crippen molar-refractivity contribution in [3.05, 3.63) is 29.8 Å². The molecule has 0 unspecified atom stereocenters. The van der Waals surface area contributed by atoms with Crippen molar-refractivity contribution in [2.45, 2.75) is 39.2 Å². The van der Waals surface area contributed by atoms with E-state index in [1.54, 1.807) is 19.9 Å². The fourth-order valence-corrected chi connectivity index (χ4v) is 1.39. The first-order chi connectivity index (χ1) is 7.45. The summed E-state index contributed by atoms with van der Waals surface area (Å²) < 4.78 is 5.45. The van der Waals surface area contributed by atoms with Gasteiger partial charge in [0.15, 0.2) is 5.60 Å². The quantitative estimate of drug-likeness (QED) is 0.833. The molecule has 1 N–H and O–H groups in total. The molecule has 0 atom stereocenters. The van der Waals surface area contributed by atoms with Gasteiger partial charge in [0.1, 0.15) is 5.75 Å². The SMILES string of the molecule is CCCc1cccc(OC(C)(C)C(=O)O)c1. The van der Waals surface area contributed by atoms with Crippen LogP contribution in [-0.2, 0) is 11.2 Å². The summed E-state index contributed by atoms with van der Waals surface area (Å²) >= 11 is 0. The molecule has 0 fully saturated rings. The number of ether oxygens (including phenoxy) is 1. The van der Waals surface area contributed by atoms with E-state index in [0.717, 1.165) is 12.8 Å². The van der Waals surface area contributed by atoms with Crippen LogP contribution in [0.1, 0.15) is 32.8 Å². The summed E-state index contributed by atoms with van der Waals surface area (Å²) in [4.78, 5) is 10.9. The molecule has 3 nitrogen and oxygen atoms in total. The normalized spacial score (nSPS) is 11.2. The third kappa shape index (κ3) is 3.26. The fraction of sp³-hybridized carbons (Fsp3) is 0.462. The Balaban J connectivity index is 2.81. The summed E-state index contributed by atoms with van der Waals surface area (Å²) in [6.07, 6.45) is 2.04. The van der Waals surface area contributed by atoms with Crippen molar-refractivity contribution in [2.24, 2.45) is 0 Å². The number of benzene rings is 1. The molecule has 1 rings (SSSR count). The maximum absolute atomic E-state index is 10.9. The molecule has 16 heavy (non-hydrogen) atoms.